The molecule has 4 rings (SSSR count). The highest BCUT2D eigenvalue weighted by molar-refractivity contribution is 8.01. The first-order valence-corrected chi connectivity index (χ1v) is 12.1. The molecule has 30 heavy (non-hydrogen) atoms. The predicted molar refractivity (Wildman–Crippen MR) is 116 cm³/mol. The second kappa shape index (κ2) is 8.75. The number of thioether (sulfide) groups is 2. The number of hydrogen-bond donors (Lipinski definition) is 3. The third-order valence-electron chi connectivity index (χ3n) is 4.25. The number of rotatable bonds is 7. The molecule has 10 nitrogen and oxygen atoms in total. The van der Waals surface area contributed by atoms with Crippen LogP contribution in [-0.2, 0) is 14.4 Å². The van der Waals surface area contributed by atoms with Crippen LogP contribution in [0.3, 0.4) is 0 Å². The lowest BCUT2D eigenvalue weighted by Crippen LogP contribution is -2.70. The first-order chi connectivity index (χ1) is 14.5. The Bertz CT molecular complexity index is 1050. The number of aromatic nitrogens is 3. The topological polar surface area (TPSA) is 151 Å². The number of carbonyl (C=O) groups excluding carboxylic acids is 2. The van der Waals surface area contributed by atoms with Crippen LogP contribution in [0, 0.1) is 0 Å². The van der Waals surface area contributed by atoms with Crippen LogP contribution in [0.4, 0.5) is 5.13 Å². The number of thiazole rings is 1. The summed E-state index contributed by atoms with van der Waals surface area (Å²) in [5.41, 5.74) is 6.39. The molecule has 2 aromatic rings. The van der Waals surface area contributed by atoms with Gasteiger partial charge in [0.2, 0.25) is 0 Å². The van der Waals surface area contributed by atoms with Crippen LogP contribution in [0.25, 0.3) is 5.57 Å². The third kappa shape index (κ3) is 4.08. The van der Waals surface area contributed by atoms with E-state index in [1.54, 1.807) is 17.7 Å². The number of carbonyl (C=O) groups is 3. The fourth-order valence-corrected chi connectivity index (χ4v) is 5.99. The van der Waals surface area contributed by atoms with Crippen LogP contribution in [-0.4, -0.2) is 65.3 Å². The monoisotopic (exact) mass is 482 g/mol. The number of nitrogens with one attached hydrogen (secondary N) is 1. The van der Waals surface area contributed by atoms with Gasteiger partial charge in [0.25, 0.3) is 11.8 Å². The van der Waals surface area contributed by atoms with Crippen molar-refractivity contribution in [1.82, 2.24) is 24.8 Å². The number of carboxylic acids is 1. The second-order valence-corrected chi connectivity index (χ2v) is 10.2. The van der Waals surface area contributed by atoms with Gasteiger partial charge >= 0.3 is 5.97 Å². The van der Waals surface area contributed by atoms with Gasteiger partial charge in [0.1, 0.15) is 21.3 Å². The third-order valence-corrected chi connectivity index (χ3v) is 7.87. The van der Waals surface area contributed by atoms with Gasteiger partial charge in [0.15, 0.2) is 5.13 Å². The second-order valence-electron chi connectivity index (χ2n) is 6.01. The van der Waals surface area contributed by atoms with Crippen molar-refractivity contribution in [2.24, 2.45) is 0 Å². The zero-order valence-electron chi connectivity index (χ0n) is 15.0. The van der Waals surface area contributed by atoms with Gasteiger partial charge < -0.3 is 16.2 Å². The average Bonchev–Trinajstić information content (AvgIpc) is 3.40. The highest BCUT2D eigenvalue weighted by atomic mass is 32.2. The summed E-state index contributed by atoms with van der Waals surface area (Å²) in [6, 6.07) is -0.803. The Labute approximate surface area is 186 Å². The lowest BCUT2D eigenvalue weighted by molar-refractivity contribution is -0.150. The summed E-state index contributed by atoms with van der Waals surface area (Å²) in [5.74, 6) is -1.15. The number of nitrogens with two attached hydrogens (primary N) is 1. The minimum absolute atomic E-state index is 0.0492. The Morgan fingerprint density at radius 3 is 2.97 bits per heavy atom. The summed E-state index contributed by atoms with van der Waals surface area (Å²) in [6.45, 7) is 0. The van der Waals surface area contributed by atoms with E-state index >= 15 is 0 Å². The van der Waals surface area contributed by atoms with E-state index in [-0.39, 0.29) is 5.70 Å². The maximum Gasteiger partial charge on any atom is 0.352 e. The standard InChI is InChI=1S/C16H14N6O4S4/c17-16-19-8(6-29-16)7(1-3-27-10-5-18-21-30-10)12(23)20-11-13(24)22-9(15(25)26)2-4-28-14(11)22/h1-2,5-6,11,14H,3-4H2,(H2,17,19)(H,20,23)(H,25,26)/b7-1-. The number of aliphatic carboxylic acids is 1. The number of nitrogens with zero attached hydrogens (tertiary/aromatic N) is 4. The Hall–Kier alpha value is -2.42. The lowest BCUT2D eigenvalue weighted by atomic mass is 10.0. The first kappa shape index (κ1) is 20.8. The van der Waals surface area contributed by atoms with Gasteiger partial charge in [-0.1, -0.05) is 10.6 Å². The van der Waals surface area contributed by atoms with Crippen molar-refractivity contribution in [3.05, 3.63) is 35.1 Å². The molecule has 156 valence electrons. The highest BCUT2D eigenvalue weighted by Gasteiger charge is 2.52. The molecule has 2 amide bonds. The summed E-state index contributed by atoms with van der Waals surface area (Å²) >= 11 is 5.33. The number of fused-ring (bicyclic) bond motifs is 1. The van der Waals surface area contributed by atoms with Gasteiger partial charge in [0.05, 0.1) is 17.5 Å². The van der Waals surface area contributed by atoms with Crippen LogP contribution < -0.4 is 11.1 Å². The molecule has 1 saturated heterocycles. The van der Waals surface area contributed by atoms with Crippen molar-refractivity contribution in [3.63, 3.8) is 0 Å². The summed E-state index contributed by atoms with van der Waals surface area (Å²) in [5, 5.41) is 17.3. The predicted octanol–water partition coefficient (Wildman–Crippen LogP) is 1.12. The van der Waals surface area contributed by atoms with Gasteiger partial charge in [-0.2, -0.15) is 0 Å². The molecule has 0 radical (unpaired) electrons. The van der Waals surface area contributed by atoms with Crippen molar-refractivity contribution in [2.45, 2.75) is 15.6 Å². The van der Waals surface area contributed by atoms with E-state index in [2.05, 4.69) is 19.9 Å². The molecular formula is C16H14N6O4S4. The van der Waals surface area contributed by atoms with Crippen molar-refractivity contribution in [3.8, 4) is 0 Å². The van der Waals surface area contributed by atoms with E-state index in [1.807, 2.05) is 0 Å². The molecular weight excluding hydrogens is 468 g/mol. The molecule has 0 aliphatic carbocycles. The van der Waals surface area contributed by atoms with Crippen LogP contribution in [0.5, 0.6) is 0 Å². The Morgan fingerprint density at radius 1 is 1.47 bits per heavy atom. The minimum atomic E-state index is -1.16. The molecule has 2 aromatic heterocycles. The number of anilines is 1. The minimum Gasteiger partial charge on any atom is -0.477 e. The first-order valence-electron chi connectivity index (χ1n) is 8.46. The van der Waals surface area contributed by atoms with Crippen molar-refractivity contribution < 1.29 is 19.5 Å². The van der Waals surface area contributed by atoms with Gasteiger partial charge in [-0.15, -0.1) is 40.0 Å². The molecule has 4 N–H and O–H groups in total. The number of carboxylic acid groups (broad SMARTS) is 1. The van der Waals surface area contributed by atoms with Gasteiger partial charge in [-0.25, -0.2) is 9.78 Å². The molecule has 2 unspecified atom stereocenters. The van der Waals surface area contributed by atoms with E-state index < -0.39 is 29.2 Å². The van der Waals surface area contributed by atoms with Crippen LogP contribution in [0.15, 0.2) is 33.6 Å². The molecule has 14 heteroatoms. The highest BCUT2D eigenvalue weighted by Crippen LogP contribution is 2.37. The van der Waals surface area contributed by atoms with Crippen LogP contribution >= 0.6 is 46.4 Å². The fourth-order valence-electron chi connectivity index (χ4n) is 2.91. The molecule has 0 spiro atoms. The molecule has 0 aromatic carbocycles. The SMILES string of the molecule is Nc1nc(/C(=C/CSc2cnns2)C(=O)NC2C(=O)N3C(C(=O)O)=CCSC23)cs1. The molecule has 1 fully saturated rings. The van der Waals surface area contributed by atoms with Crippen molar-refractivity contribution >= 4 is 74.9 Å². The van der Waals surface area contributed by atoms with Crippen LogP contribution in [0.2, 0.25) is 0 Å². The zero-order chi connectivity index (χ0) is 21.3. The number of nitrogen functional groups attached to an aromatic ring is 1. The molecule has 0 bridgehead atoms. The lowest BCUT2D eigenvalue weighted by Gasteiger charge is -2.48. The van der Waals surface area contributed by atoms with E-state index in [1.165, 1.54) is 57.4 Å². The number of β-lactam (4-membered cyclic amide) rings is 1. The molecule has 4 heterocycles. The molecule has 2 aliphatic heterocycles. The summed E-state index contributed by atoms with van der Waals surface area (Å²) in [4.78, 5) is 42.2. The van der Waals surface area contributed by atoms with Gasteiger partial charge in [-0.3, -0.25) is 14.5 Å². The number of amides is 2. The smallest absolute Gasteiger partial charge is 0.352 e. The maximum absolute atomic E-state index is 13.0. The van der Waals surface area contributed by atoms with E-state index in [9.17, 15) is 19.5 Å². The van der Waals surface area contributed by atoms with E-state index in [4.69, 9.17) is 5.73 Å². The van der Waals surface area contributed by atoms with Gasteiger partial charge in [0, 0.05) is 16.9 Å². The van der Waals surface area contributed by atoms with Crippen molar-refractivity contribution in [1.29, 1.82) is 0 Å². The molecule has 0 saturated carbocycles. The normalized spacial score (nSPS) is 20.9. The Kier molecular flexibility index (Phi) is 6.08. The Morgan fingerprint density at radius 2 is 2.30 bits per heavy atom. The summed E-state index contributed by atoms with van der Waals surface area (Å²) < 4.78 is 4.70. The fraction of sp³-hybridized carbons (Fsp3) is 0.250. The average molecular weight is 483 g/mol. The summed E-state index contributed by atoms with van der Waals surface area (Å²) in [6.07, 6.45) is 4.85. The molecule has 2 aliphatic rings. The van der Waals surface area contributed by atoms with E-state index in [0.717, 1.165) is 4.21 Å². The maximum atomic E-state index is 13.0. The largest absolute Gasteiger partial charge is 0.477 e. The zero-order valence-corrected chi connectivity index (χ0v) is 18.3. The quantitative estimate of drug-likeness (QED) is 0.297. The number of hydrogen-bond acceptors (Lipinski definition) is 11. The van der Waals surface area contributed by atoms with Crippen LogP contribution in [0.1, 0.15) is 5.69 Å². The summed E-state index contributed by atoms with van der Waals surface area (Å²) in [7, 11) is 0. The van der Waals surface area contributed by atoms with E-state index in [0.29, 0.717) is 27.9 Å². The van der Waals surface area contributed by atoms with Crippen molar-refractivity contribution in [2.75, 3.05) is 17.2 Å². The molecule has 2 atom stereocenters. The Balaban J connectivity index is 1.49. The van der Waals surface area contributed by atoms with Gasteiger partial charge in [-0.05, 0) is 17.6 Å².